The van der Waals surface area contributed by atoms with Gasteiger partial charge in [0.25, 0.3) is 11.5 Å². The van der Waals surface area contributed by atoms with Crippen LogP contribution < -0.4 is 21.9 Å². The molecule has 0 spiro atoms. The van der Waals surface area contributed by atoms with Crippen LogP contribution in [0, 0.1) is 6.92 Å². The fourth-order valence-corrected chi connectivity index (χ4v) is 5.88. The zero-order valence-electron chi connectivity index (χ0n) is 25.6. The fourth-order valence-electron chi connectivity index (χ4n) is 5.88. The summed E-state index contributed by atoms with van der Waals surface area (Å²) in [6.07, 6.45) is 1.94. The normalized spacial score (nSPS) is 12.7. The molecule has 1 atom stereocenters. The molecule has 2 aromatic heterocycles. The molecule has 1 aliphatic carbocycles. The van der Waals surface area contributed by atoms with Gasteiger partial charge in [-0.25, -0.2) is 9.59 Å². The minimum absolute atomic E-state index is 0.0488. The lowest BCUT2D eigenvalue weighted by Gasteiger charge is -2.18. The molecule has 6 rings (SSSR count). The van der Waals surface area contributed by atoms with Crippen LogP contribution in [0.3, 0.4) is 0 Å². The maximum Gasteiger partial charge on any atom is 0.407 e. The Hall–Kier alpha value is -5.85. The third kappa shape index (κ3) is 6.73. The molecule has 3 N–H and O–H groups in total. The summed E-state index contributed by atoms with van der Waals surface area (Å²) in [5, 5.41) is 13.5. The number of hydrogen-bond donors (Lipinski definition) is 3. The van der Waals surface area contributed by atoms with Crippen LogP contribution in [0.25, 0.3) is 22.2 Å². The Balaban J connectivity index is 1.05. The van der Waals surface area contributed by atoms with E-state index in [2.05, 4.69) is 50.2 Å². The van der Waals surface area contributed by atoms with Crippen molar-refractivity contribution in [1.82, 2.24) is 35.2 Å². The van der Waals surface area contributed by atoms with Gasteiger partial charge in [0.15, 0.2) is 0 Å². The van der Waals surface area contributed by atoms with Gasteiger partial charge in [0.05, 0.1) is 5.52 Å². The number of fused-ring (bicyclic) bond motifs is 4. The monoisotopic (exact) mass is 635 g/mol. The van der Waals surface area contributed by atoms with Crippen LogP contribution in [-0.4, -0.2) is 61.6 Å². The molecule has 240 valence electrons. The van der Waals surface area contributed by atoms with Crippen molar-refractivity contribution < 1.29 is 19.1 Å². The Labute approximate surface area is 268 Å². The van der Waals surface area contributed by atoms with Crippen molar-refractivity contribution >= 4 is 28.9 Å². The molecule has 47 heavy (non-hydrogen) atoms. The number of H-pyrrole nitrogens is 1. The molecule has 3 aromatic carbocycles. The molecular weight excluding hydrogens is 602 g/mol. The van der Waals surface area contributed by atoms with Gasteiger partial charge in [0.1, 0.15) is 24.7 Å². The van der Waals surface area contributed by atoms with Crippen LogP contribution in [-0.2, 0) is 16.1 Å². The Morgan fingerprint density at radius 3 is 2.36 bits per heavy atom. The van der Waals surface area contributed by atoms with Gasteiger partial charge in [0.2, 0.25) is 5.91 Å². The lowest BCUT2D eigenvalue weighted by molar-refractivity contribution is -0.122. The predicted molar refractivity (Wildman–Crippen MR) is 173 cm³/mol. The average Bonchev–Trinajstić information content (AvgIpc) is 3.65. The van der Waals surface area contributed by atoms with Gasteiger partial charge < -0.3 is 15.4 Å². The number of alkyl carbamates (subject to hydrolysis) is 1. The number of rotatable bonds is 11. The number of unbranched alkanes of at least 4 members (excludes halogenated alkanes) is 1. The summed E-state index contributed by atoms with van der Waals surface area (Å²) in [5.41, 5.74) is 4.54. The minimum atomic E-state index is -0.998. The molecule has 5 aromatic rings. The highest BCUT2D eigenvalue weighted by molar-refractivity contribution is 5.94. The first-order chi connectivity index (χ1) is 22.8. The Morgan fingerprint density at radius 2 is 1.62 bits per heavy atom. The Bertz CT molecular complexity index is 2040. The second-order valence-corrected chi connectivity index (χ2v) is 11.4. The zero-order valence-corrected chi connectivity index (χ0v) is 25.6. The summed E-state index contributed by atoms with van der Waals surface area (Å²) in [6.45, 7) is 1.61. The number of nitrogens with zero attached hydrogens (tertiary/aromatic N) is 4. The molecule has 0 radical (unpaired) electrons. The highest BCUT2D eigenvalue weighted by Crippen LogP contribution is 2.44. The van der Waals surface area contributed by atoms with E-state index in [9.17, 15) is 24.0 Å². The third-order valence-corrected chi connectivity index (χ3v) is 8.23. The number of aromatic nitrogens is 5. The average molecular weight is 636 g/mol. The van der Waals surface area contributed by atoms with Crippen molar-refractivity contribution in [3.63, 3.8) is 0 Å². The summed E-state index contributed by atoms with van der Waals surface area (Å²) in [5.74, 6) is -1.15. The zero-order chi connectivity index (χ0) is 32.9. The molecule has 2 heterocycles. The van der Waals surface area contributed by atoms with Crippen molar-refractivity contribution in [1.29, 1.82) is 0 Å². The van der Waals surface area contributed by atoms with E-state index in [-0.39, 0.29) is 24.5 Å². The second-order valence-electron chi connectivity index (χ2n) is 11.4. The van der Waals surface area contributed by atoms with E-state index in [0.717, 1.165) is 31.5 Å². The number of carbonyl (C=O) groups is 3. The first-order valence-corrected chi connectivity index (χ1v) is 15.3. The number of ether oxygens (including phenoxy) is 1. The van der Waals surface area contributed by atoms with Gasteiger partial charge in [-0.05, 0) is 60.6 Å². The largest absolute Gasteiger partial charge is 0.449 e. The van der Waals surface area contributed by atoms with Gasteiger partial charge in [-0.15, -0.1) is 5.10 Å². The van der Waals surface area contributed by atoms with E-state index in [4.69, 9.17) is 4.74 Å². The van der Waals surface area contributed by atoms with Gasteiger partial charge >= 0.3 is 11.8 Å². The number of aromatic amines is 1. The second kappa shape index (κ2) is 13.6. The minimum Gasteiger partial charge on any atom is -0.449 e. The standard InChI is InChI=1S/C34H33N7O6/c1-21-18-40(33(45)37-31(21)43)19-30(42)36-28(32(44)41-29-16-7-6-14-27(29)38-39-41)15-8-9-17-35-34(46)47-20-26-24-12-4-2-10-22(24)23-11-3-5-13-25(23)26/h2-7,10-14,16,18,26,28H,8-9,15,17,19-20H2,1H3,(H,35,46)(H,36,42)(H,37,43,45)/t28-/m1/s1. The SMILES string of the molecule is Cc1cn(CC(=O)N[C@H](CCCCNC(=O)OCC2c3ccccc3-c3ccccc32)C(=O)n2nnc3ccccc32)c(=O)[nH]c1=O. The predicted octanol–water partition coefficient (Wildman–Crippen LogP) is 3.12. The first kappa shape index (κ1) is 31.1. The van der Waals surface area contributed by atoms with Crippen LogP contribution in [0.5, 0.6) is 0 Å². The molecule has 13 heteroatoms. The van der Waals surface area contributed by atoms with Crippen molar-refractivity contribution in [3.8, 4) is 11.1 Å². The van der Waals surface area contributed by atoms with Crippen LogP contribution in [0.15, 0.2) is 88.6 Å². The van der Waals surface area contributed by atoms with E-state index in [1.165, 1.54) is 13.1 Å². The Morgan fingerprint density at radius 1 is 0.936 bits per heavy atom. The molecule has 0 saturated heterocycles. The highest BCUT2D eigenvalue weighted by Gasteiger charge is 2.29. The number of para-hydroxylation sites is 1. The van der Waals surface area contributed by atoms with Gasteiger partial charge in [0, 0.05) is 24.2 Å². The number of benzene rings is 3. The number of aryl methyl sites for hydroxylation is 1. The van der Waals surface area contributed by atoms with Gasteiger partial charge in [-0.3, -0.25) is 23.9 Å². The van der Waals surface area contributed by atoms with E-state index in [0.29, 0.717) is 30.4 Å². The Kier molecular flexibility index (Phi) is 9.04. The molecule has 13 nitrogen and oxygen atoms in total. The maximum absolute atomic E-state index is 13.6. The molecule has 0 unspecified atom stereocenters. The van der Waals surface area contributed by atoms with E-state index in [1.807, 2.05) is 24.3 Å². The third-order valence-electron chi connectivity index (χ3n) is 8.23. The lowest BCUT2D eigenvalue weighted by atomic mass is 9.98. The molecule has 0 saturated carbocycles. The van der Waals surface area contributed by atoms with Crippen molar-refractivity contribution in [3.05, 3.63) is 117 Å². The fraction of sp³-hybridized carbons (Fsp3) is 0.265. The summed E-state index contributed by atoms with van der Waals surface area (Å²) in [6, 6.07) is 22.2. The topological polar surface area (TPSA) is 170 Å². The summed E-state index contributed by atoms with van der Waals surface area (Å²) in [4.78, 5) is 65.2. The van der Waals surface area contributed by atoms with E-state index < -0.39 is 41.7 Å². The molecular formula is C34H33N7O6. The first-order valence-electron chi connectivity index (χ1n) is 15.3. The number of nitrogens with one attached hydrogen (secondary N) is 3. The summed E-state index contributed by atoms with van der Waals surface area (Å²) < 4.78 is 7.81. The van der Waals surface area contributed by atoms with Crippen LogP contribution in [0.1, 0.15) is 46.7 Å². The van der Waals surface area contributed by atoms with Crippen LogP contribution in [0.2, 0.25) is 0 Å². The molecule has 0 bridgehead atoms. The number of amides is 2. The van der Waals surface area contributed by atoms with Gasteiger partial charge in [-0.2, -0.15) is 4.68 Å². The smallest absolute Gasteiger partial charge is 0.407 e. The number of carbonyl (C=O) groups excluding carboxylic acids is 3. The molecule has 2 amide bonds. The number of hydrogen-bond acceptors (Lipinski definition) is 8. The summed E-state index contributed by atoms with van der Waals surface area (Å²) in [7, 11) is 0. The molecule has 1 aliphatic rings. The quantitative estimate of drug-likeness (QED) is 0.186. The van der Waals surface area contributed by atoms with Crippen LogP contribution >= 0.6 is 0 Å². The van der Waals surface area contributed by atoms with Crippen LogP contribution in [0.4, 0.5) is 4.79 Å². The highest BCUT2D eigenvalue weighted by atomic mass is 16.5. The van der Waals surface area contributed by atoms with E-state index >= 15 is 0 Å². The van der Waals surface area contributed by atoms with Crippen molar-refractivity contribution in [2.75, 3.05) is 13.2 Å². The summed E-state index contributed by atoms with van der Waals surface area (Å²) >= 11 is 0. The van der Waals surface area contributed by atoms with E-state index in [1.54, 1.807) is 24.3 Å². The van der Waals surface area contributed by atoms with Crippen molar-refractivity contribution in [2.45, 2.75) is 44.7 Å². The maximum atomic E-state index is 13.6. The van der Waals surface area contributed by atoms with Crippen molar-refractivity contribution in [2.24, 2.45) is 0 Å². The molecule has 0 fully saturated rings. The lowest BCUT2D eigenvalue weighted by Crippen LogP contribution is -2.46. The molecule has 0 aliphatic heterocycles. The van der Waals surface area contributed by atoms with Gasteiger partial charge in [-0.1, -0.05) is 65.9 Å².